The zero-order valence-electron chi connectivity index (χ0n) is 23.1. The van der Waals surface area contributed by atoms with Gasteiger partial charge in [-0.15, -0.1) is 0 Å². The number of para-hydroxylation sites is 2. The zero-order chi connectivity index (χ0) is 29.3. The van der Waals surface area contributed by atoms with Crippen LogP contribution in [0.5, 0.6) is 11.5 Å². The van der Waals surface area contributed by atoms with E-state index in [9.17, 15) is 19.5 Å². The number of benzene rings is 3. The highest BCUT2D eigenvalue weighted by Crippen LogP contribution is 2.43. The Balaban J connectivity index is 1.72. The number of hydrogen-bond acceptors (Lipinski definition) is 7. The van der Waals surface area contributed by atoms with Crippen molar-refractivity contribution in [3.63, 3.8) is 0 Å². The number of Topliss-reactive ketones (excluding diaryl/α,β-unsaturated/α-hetero) is 1. The van der Waals surface area contributed by atoms with Crippen LogP contribution < -0.4 is 21.1 Å². The molecular weight excluding hydrogens is 510 g/mol. The van der Waals surface area contributed by atoms with Gasteiger partial charge < -0.3 is 25.6 Å². The topological polar surface area (TPSA) is 140 Å². The molecule has 0 spiro atoms. The number of carbonyl (C=O) groups is 3. The number of ketones is 1. The second-order valence-corrected chi connectivity index (χ2v) is 9.98. The van der Waals surface area contributed by atoms with Crippen molar-refractivity contribution in [1.29, 1.82) is 0 Å². The maximum absolute atomic E-state index is 12.9. The minimum atomic E-state index is -0.757. The summed E-state index contributed by atoms with van der Waals surface area (Å²) in [5.74, 6) is -0.172. The predicted octanol–water partition coefficient (Wildman–Crippen LogP) is 6.48. The molecule has 3 aromatic carbocycles. The van der Waals surface area contributed by atoms with Gasteiger partial charge in [-0.1, -0.05) is 38.1 Å². The number of allylic oxidation sites excluding steroid dienone is 1. The largest absolute Gasteiger partial charge is 0.504 e. The monoisotopic (exact) mass is 545 g/mol. The number of phenols is 1. The van der Waals surface area contributed by atoms with Crippen LogP contribution in [0.1, 0.15) is 55.6 Å². The van der Waals surface area contributed by atoms with Gasteiger partial charge >= 0.3 is 6.09 Å². The molecule has 0 radical (unpaired) electrons. The van der Waals surface area contributed by atoms with Crippen molar-refractivity contribution in [2.45, 2.75) is 39.7 Å². The summed E-state index contributed by atoms with van der Waals surface area (Å²) in [5.41, 5.74) is 7.85. The first-order chi connectivity index (χ1) is 19.0. The van der Waals surface area contributed by atoms with Gasteiger partial charge in [0, 0.05) is 16.7 Å². The van der Waals surface area contributed by atoms with Gasteiger partial charge in [0.1, 0.15) is 6.10 Å². The van der Waals surface area contributed by atoms with Gasteiger partial charge in [-0.05, 0) is 79.9 Å². The summed E-state index contributed by atoms with van der Waals surface area (Å²) in [6.07, 6.45) is 2.79. The van der Waals surface area contributed by atoms with E-state index in [1.54, 1.807) is 66.7 Å². The molecule has 0 saturated carbocycles. The lowest BCUT2D eigenvalue weighted by Crippen LogP contribution is -2.29. The van der Waals surface area contributed by atoms with Gasteiger partial charge in [0.25, 0.3) is 0 Å². The average Bonchev–Trinajstić information content (AvgIpc) is 2.91. The number of nitrogen functional groups attached to an aromatic ring is 1. The lowest BCUT2D eigenvalue weighted by molar-refractivity contribution is -0.111. The molecule has 40 heavy (non-hydrogen) atoms. The third-order valence-corrected chi connectivity index (χ3v) is 6.42. The molecule has 0 heterocycles. The summed E-state index contributed by atoms with van der Waals surface area (Å²) in [6.45, 7) is 5.34. The van der Waals surface area contributed by atoms with Crippen LogP contribution in [0, 0.1) is 5.41 Å². The van der Waals surface area contributed by atoms with Gasteiger partial charge in [-0.2, -0.15) is 0 Å². The lowest BCUT2D eigenvalue weighted by Gasteiger charge is -2.34. The first kappa shape index (κ1) is 29.8. The number of nitrogens with two attached hydrogens (primary N) is 1. The van der Waals surface area contributed by atoms with Crippen LogP contribution in [0.4, 0.5) is 21.9 Å². The molecule has 210 valence electrons. The number of methoxy groups -OCH3 is 1. The van der Waals surface area contributed by atoms with E-state index in [4.69, 9.17) is 15.2 Å². The SMILES string of the molecule is COc1ccc([C@@H](OC(=O)Nc2ccc(C(C)=O)cc2)C(C)(C)CC/C=C/C(=O)Nc2ccccc2N)cc1O. The van der Waals surface area contributed by atoms with E-state index in [1.165, 1.54) is 26.2 Å². The molecule has 3 rings (SSSR count). The maximum atomic E-state index is 12.9. The summed E-state index contributed by atoms with van der Waals surface area (Å²) >= 11 is 0. The van der Waals surface area contributed by atoms with Crippen molar-refractivity contribution in [3.05, 3.63) is 90.0 Å². The van der Waals surface area contributed by atoms with Crippen LogP contribution >= 0.6 is 0 Å². The fraction of sp³-hybridized carbons (Fsp3) is 0.258. The Kier molecular flexibility index (Phi) is 9.92. The highest BCUT2D eigenvalue weighted by atomic mass is 16.6. The predicted molar refractivity (Wildman–Crippen MR) is 156 cm³/mol. The van der Waals surface area contributed by atoms with Crippen molar-refractivity contribution < 1.29 is 29.0 Å². The molecule has 3 aromatic rings. The third kappa shape index (κ3) is 8.10. The highest BCUT2D eigenvalue weighted by molar-refractivity contribution is 6.01. The first-order valence-corrected chi connectivity index (χ1v) is 12.8. The third-order valence-electron chi connectivity index (χ3n) is 6.42. The lowest BCUT2D eigenvalue weighted by atomic mass is 9.78. The van der Waals surface area contributed by atoms with E-state index in [-0.39, 0.29) is 17.4 Å². The Morgan fingerprint density at radius 3 is 2.35 bits per heavy atom. The fourth-order valence-electron chi connectivity index (χ4n) is 4.15. The van der Waals surface area contributed by atoms with Crippen LogP contribution in [0.3, 0.4) is 0 Å². The molecule has 0 aliphatic carbocycles. The highest BCUT2D eigenvalue weighted by Gasteiger charge is 2.34. The number of hydrogen-bond donors (Lipinski definition) is 4. The normalized spacial score (nSPS) is 12.0. The number of aromatic hydroxyl groups is 1. The first-order valence-electron chi connectivity index (χ1n) is 12.8. The second kappa shape index (κ2) is 13.3. The number of ether oxygens (including phenoxy) is 2. The molecule has 9 nitrogen and oxygen atoms in total. The van der Waals surface area contributed by atoms with Crippen molar-refractivity contribution in [1.82, 2.24) is 0 Å². The number of amides is 2. The number of anilines is 3. The average molecular weight is 546 g/mol. The van der Waals surface area contributed by atoms with Gasteiger partial charge in [0.15, 0.2) is 17.3 Å². The Bertz CT molecular complexity index is 1380. The minimum Gasteiger partial charge on any atom is -0.504 e. The molecule has 0 saturated heterocycles. The summed E-state index contributed by atoms with van der Waals surface area (Å²) in [7, 11) is 1.45. The molecule has 0 aliphatic rings. The summed E-state index contributed by atoms with van der Waals surface area (Å²) in [6, 6.07) is 18.3. The van der Waals surface area contributed by atoms with Crippen LogP contribution in [0.15, 0.2) is 78.9 Å². The van der Waals surface area contributed by atoms with Crippen molar-refractivity contribution in [2.24, 2.45) is 5.41 Å². The van der Waals surface area contributed by atoms with E-state index in [2.05, 4.69) is 10.6 Å². The summed E-state index contributed by atoms with van der Waals surface area (Å²) in [4.78, 5) is 36.8. The minimum absolute atomic E-state index is 0.0778. The summed E-state index contributed by atoms with van der Waals surface area (Å²) < 4.78 is 11.1. The molecule has 0 fully saturated rings. The molecule has 5 N–H and O–H groups in total. The maximum Gasteiger partial charge on any atom is 0.412 e. The Labute approximate surface area is 234 Å². The van der Waals surface area contributed by atoms with Crippen LogP contribution in [-0.4, -0.2) is 30.0 Å². The smallest absolute Gasteiger partial charge is 0.412 e. The van der Waals surface area contributed by atoms with E-state index in [0.29, 0.717) is 46.8 Å². The van der Waals surface area contributed by atoms with Gasteiger partial charge in [0.05, 0.1) is 18.5 Å². The van der Waals surface area contributed by atoms with Crippen molar-refractivity contribution in [2.75, 3.05) is 23.5 Å². The molecule has 2 amide bonds. The van der Waals surface area contributed by atoms with Gasteiger partial charge in [-0.3, -0.25) is 14.9 Å². The van der Waals surface area contributed by atoms with Crippen molar-refractivity contribution in [3.8, 4) is 11.5 Å². The molecule has 9 heteroatoms. The number of rotatable bonds is 11. The molecular formula is C31H35N3O6. The van der Waals surface area contributed by atoms with Crippen LogP contribution in [0.2, 0.25) is 0 Å². The Morgan fingerprint density at radius 1 is 1.02 bits per heavy atom. The van der Waals surface area contributed by atoms with Crippen LogP contribution in [0.25, 0.3) is 0 Å². The number of phenolic OH excluding ortho intramolecular Hbond substituents is 1. The van der Waals surface area contributed by atoms with E-state index < -0.39 is 17.6 Å². The van der Waals surface area contributed by atoms with Crippen LogP contribution in [-0.2, 0) is 9.53 Å². The van der Waals surface area contributed by atoms with Crippen molar-refractivity contribution >= 4 is 34.8 Å². The molecule has 1 atom stereocenters. The number of carbonyl (C=O) groups excluding carboxylic acids is 3. The Morgan fingerprint density at radius 2 is 1.73 bits per heavy atom. The zero-order valence-corrected chi connectivity index (χ0v) is 23.1. The Hall–Kier alpha value is -4.79. The van der Waals surface area contributed by atoms with E-state index in [1.807, 2.05) is 13.8 Å². The quantitative estimate of drug-likeness (QED) is 0.123. The molecule has 0 unspecified atom stereocenters. The standard InChI is InChI=1S/C31H35N3O6/c1-20(35)21-12-15-23(16-13-21)33-30(38)40-29(22-14-17-27(39-4)26(36)19-22)31(2,3)18-8-7-11-28(37)34-25-10-6-5-9-24(25)32/h5-7,9-17,19,29,36H,8,18,32H2,1-4H3,(H,33,38)(H,34,37)/b11-7+/t29-/m1/s1. The summed E-state index contributed by atoms with van der Waals surface area (Å²) in [5, 5.41) is 15.8. The fourth-order valence-corrected chi connectivity index (χ4v) is 4.15. The number of nitrogens with one attached hydrogen (secondary N) is 2. The van der Waals surface area contributed by atoms with Gasteiger partial charge in [0.2, 0.25) is 5.91 Å². The molecule has 0 aliphatic heterocycles. The molecule has 0 aromatic heterocycles. The van der Waals surface area contributed by atoms with E-state index in [0.717, 1.165) is 0 Å². The molecule has 0 bridgehead atoms. The second-order valence-electron chi connectivity index (χ2n) is 9.98. The van der Waals surface area contributed by atoms with E-state index >= 15 is 0 Å². The van der Waals surface area contributed by atoms with Gasteiger partial charge in [-0.25, -0.2) is 4.79 Å².